The summed E-state index contributed by atoms with van der Waals surface area (Å²) < 4.78 is 31.7. The van der Waals surface area contributed by atoms with Crippen molar-refractivity contribution in [1.82, 2.24) is 10.1 Å². The normalized spacial score (nSPS) is 33.9. The number of hydrogen-bond acceptors (Lipinski definition) is 4. The van der Waals surface area contributed by atoms with Gasteiger partial charge in [-0.25, -0.2) is 8.78 Å². The van der Waals surface area contributed by atoms with E-state index in [9.17, 15) is 8.78 Å². The van der Waals surface area contributed by atoms with Crippen LogP contribution in [0.3, 0.4) is 0 Å². The molecular formula is C12H13F2N3O. The summed E-state index contributed by atoms with van der Waals surface area (Å²) in [5.74, 6) is -2.14. The highest BCUT2D eigenvalue weighted by molar-refractivity contribution is 5.16. The Morgan fingerprint density at radius 3 is 2.94 bits per heavy atom. The van der Waals surface area contributed by atoms with Gasteiger partial charge in [0.05, 0.1) is 17.9 Å². The van der Waals surface area contributed by atoms with Gasteiger partial charge in [-0.05, 0) is 19.3 Å². The van der Waals surface area contributed by atoms with Crippen molar-refractivity contribution in [1.29, 1.82) is 5.26 Å². The van der Waals surface area contributed by atoms with E-state index in [-0.39, 0.29) is 30.6 Å². The fourth-order valence-corrected chi connectivity index (χ4v) is 2.57. The summed E-state index contributed by atoms with van der Waals surface area (Å²) in [6, 6.07) is 2.14. The molecule has 1 aromatic heterocycles. The molecule has 3 atom stereocenters. The Labute approximate surface area is 103 Å². The molecule has 0 amide bonds. The average molecular weight is 253 g/mol. The highest BCUT2D eigenvalue weighted by Crippen LogP contribution is 2.47. The van der Waals surface area contributed by atoms with E-state index in [4.69, 9.17) is 9.78 Å². The second-order valence-corrected chi connectivity index (χ2v) is 5.22. The van der Waals surface area contributed by atoms with Crippen LogP contribution in [0.5, 0.6) is 0 Å². The zero-order chi connectivity index (χ0) is 12.8. The lowest BCUT2D eigenvalue weighted by Gasteiger charge is -2.26. The van der Waals surface area contributed by atoms with Gasteiger partial charge in [-0.15, -0.1) is 0 Å². The van der Waals surface area contributed by atoms with Crippen molar-refractivity contribution >= 4 is 0 Å². The molecule has 3 unspecified atom stereocenters. The van der Waals surface area contributed by atoms with Gasteiger partial charge in [0.15, 0.2) is 5.82 Å². The molecular weight excluding hydrogens is 240 g/mol. The highest BCUT2D eigenvalue weighted by atomic mass is 19.3. The van der Waals surface area contributed by atoms with Crippen molar-refractivity contribution < 1.29 is 13.3 Å². The van der Waals surface area contributed by atoms with Crippen molar-refractivity contribution in [2.45, 2.75) is 49.9 Å². The fourth-order valence-electron chi connectivity index (χ4n) is 2.57. The lowest BCUT2D eigenvalue weighted by molar-refractivity contribution is -0.0418. The predicted molar refractivity (Wildman–Crippen MR) is 56.9 cm³/mol. The van der Waals surface area contributed by atoms with E-state index < -0.39 is 5.92 Å². The number of hydrogen-bond donors (Lipinski definition) is 0. The molecule has 0 saturated heterocycles. The molecule has 2 saturated carbocycles. The van der Waals surface area contributed by atoms with Crippen LogP contribution in [-0.4, -0.2) is 16.1 Å². The lowest BCUT2D eigenvalue weighted by atomic mass is 9.86. The first-order valence-corrected chi connectivity index (χ1v) is 6.20. The maximum atomic E-state index is 13.3. The Hall–Kier alpha value is -1.51. The van der Waals surface area contributed by atoms with Gasteiger partial charge in [-0.3, -0.25) is 0 Å². The van der Waals surface area contributed by atoms with Gasteiger partial charge < -0.3 is 4.52 Å². The van der Waals surface area contributed by atoms with Crippen molar-refractivity contribution in [3.8, 4) is 6.07 Å². The molecule has 0 aromatic carbocycles. The summed E-state index contributed by atoms with van der Waals surface area (Å²) in [6.07, 6.45) is 1.66. The largest absolute Gasteiger partial charge is 0.339 e. The molecule has 0 radical (unpaired) electrons. The number of alkyl halides is 2. The SMILES string of the molecule is N#CC1CC1c1nc(C2CCCC(F)(F)C2)no1. The second-order valence-electron chi connectivity index (χ2n) is 5.22. The Morgan fingerprint density at radius 1 is 1.44 bits per heavy atom. The molecule has 1 heterocycles. The van der Waals surface area contributed by atoms with E-state index in [2.05, 4.69) is 16.2 Å². The highest BCUT2D eigenvalue weighted by Gasteiger charge is 2.44. The minimum Gasteiger partial charge on any atom is -0.339 e. The van der Waals surface area contributed by atoms with Crippen LogP contribution in [0.2, 0.25) is 0 Å². The average Bonchev–Trinajstić information content (AvgIpc) is 2.95. The zero-order valence-electron chi connectivity index (χ0n) is 9.77. The van der Waals surface area contributed by atoms with Gasteiger partial charge >= 0.3 is 0 Å². The molecule has 4 nitrogen and oxygen atoms in total. The molecule has 0 bridgehead atoms. The van der Waals surface area contributed by atoms with E-state index >= 15 is 0 Å². The summed E-state index contributed by atoms with van der Waals surface area (Å²) in [5, 5.41) is 12.5. The molecule has 2 aliphatic rings. The van der Waals surface area contributed by atoms with Crippen LogP contribution in [0, 0.1) is 17.2 Å². The number of nitrogens with zero attached hydrogens (tertiary/aromatic N) is 3. The summed E-state index contributed by atoms with van der Waals surface area (Å²) in [5.41, 5.74) is 0. The van der Waals surface area contributed by atoms with Gasteiger partial charge in [0.25, 0.3) is 0 Å². The number of halogens is 2. The summed E-state index contributed by atoms with van der Waals surface area (Å²) in [4.78, 5) is 4.20. The van der Waals surface area contributed by atoms with Gasteiger partial charge in [-0.1, -0.05) is 5.16 Å². The Balaban J connectivity index is 1.72. The lowest BCUT2D eigenvalue weighted by Crippen LogP contribution is -2.25. The van der Waals surface area contributed by atoms with Gasteiger partial charge in [-0.2, -0.15) is 10.2 Å². The maximum Gasteiger partial charge on any atom is 0.248 e. The van der Waals surface area contributed by atoms with E-state index in [1.165, 1.54) is 0 Å². The molecule has 96 valence electrons. The topological polar surface area (TPSA) is 62.7 Å². The van der Waals surface area contributed by atoms with E-state index in [1.54, 1.807) is 0 Å². The van der Waals surface area contributed by atoms with E-state index in [1.807, 2.05) is 0 Å². The zero-order valence-corrected chi connectivity index (χ0v) is 9.77. The third-order valence-electron chi connectivity index (χ3n) is 3.74. The first-order chi connectivity index (χ1) is 8.59. The van der Waals surface area contributed by atoms with Crippen LogP contribution in [-0.2, 0) is 0 Å². The molecule has 0 N–H and O–H groups in total. The summed E-state index contributed by atoms with van der Waals surface area (Å²) in [7, 11) is 0. The Bertz CT molecular complexity index is 494. The molecule has 1 aromatic rings. The first-order valence-electron chi connectivity index (χ1n) is 6.20. The Kier molecular flexibility index (Phi) is 2.58. The molecule has 0 aliphatic heterocycles. The second kappa shape index (κ2) is 4.01. The van der Waals surface area contributed by atoms with Gasteiger partial charge in [0.1, 0.15) is 0 Å². The summed E-state index contributed by atoms with van der Waals surface area (Å²) >= 11 is 0. The van der Waals surface area contributed by atoms with Crippen LogP contribution in [0.4, 0.5) is 8.78 Å². The quantitative estimate of drug-likeness (QED) is 0.812. The molecule has 3 rings (SSSR count). The minimum atomic E-state index is -2.61. The van der Waals surface area contributed by atoms with Crippen LogP contribution in [0.15, 0.2) is 4.52 Å². The number of rotatable bonds is 2. The first kappa shape index (κ1) is 11.6. The van der Waals surface area contributed by atoms with Crippen molar-refractivity contribution in [3.63, 3.8) is 0 Å². The van der Waals surface area contributed by atoms with Crippen LogP contribution in [0.1, 0.15) is 55.7 Å². The number of nitriles is 1. The smallest absolute Gasteiger partial charge is 0.248 e. The van der Waals surface area contributed by atoms with E-state index in [0.29, 0.717) is 24.6 Å². The van der Waals surface area contributed by atoms with Gasteiger partial charge in [0, 0.05) is 18.8 Å². The third-order valence-corrected chi connectivity index (χ3v) is 3.74. The van der Waals surface area contributed by atoms with Crippen molar-refractivity contribution in [2.24, 2.45) is 5.92 Å². The van der Waals surface area contributed by atoms with Gasteiger partial charge in [0.2, 0.25) is 11.8 Å². The molecule has 18 heavy (non-hydrogen) atoms. The monoisotopic (exact) mass is 253 g/mol. The third kappa shape index (κ3) is 2.09. The van der Waals surface area contributed by atoms with Crippen molar-refractivity contribution in [3.05, 3.63) is 11.7 Å². The van der Waals surface area contributed by atoms with E-state index in [0.717, 1.165) is 6.42 Å². The Morgan fingerprint density at radius 2 is 2.28 bits per heavy atom. The molecule has 0 spiro atoms. The summed E-state index contributed by atoms with van der Waals surface area (Å²) in [6.45, 7) is 0. The fraction of sp³-hybridized carbons (Fsp3) is 0.750. The van der Waals surface area contributed by atoms with Crippen molar-refractivity contribution in [2.75, 3.05) is 0 Å². The molecule has 6 heteroatoms. The number of aromatic nitrogens is 2. The van der Waals surface area contributed by atoms with Crippen LogP contribution in [0.25, 0.3) is 0 Å². The standard InChI is InChI=1S/C12H13F2N3O/c13-12(14)3-1-2-7(5-12)10-16-11(18-17-10)9-4-8(9)6-15/h7-9H,1-5H2. The predicted octanol–water partition coefficient (Wildman–Crippen LogP) is 2.99. The molecule has 2 fully saturated rings. The minimum absolute atomic E-state index is 0.0142. The molecule has 2 aliphatic carbocycles. The van der Waals surface area contributed by atoms with Crippen LogP contribution >= 0.6 is 0 Å². The van der Waals surface area contributed by atoms with Crippen LogP contribution < -0.4 is 0 Å². The maximum absolute atomic E-state index is 13.3.